The first-order valence-electron chi connectivity index (χ1n) is 5.68. The molecular weight excluding hydrogens is 264 g/mol. The monoisotopic (exact) mass is 280 g/mol. The number of nitrogens with two attached hydrogens (primary N) is 1. The Balaban J connectivity index is 2.39. The highest BCUT2D eigenvalue weighted by Crippen LogP contribution is 2.23. The maximum absolute atomic E-state index is 12.2. The van der Waals surface area contributed by atoms with Crippen LogP contribution in [0.2, 0.25) is 0 Å². The SMILES string of the molecule is Cc1ccc(N)c(NS(=O)(=O)c2cn(C)c(C)n2)c1. The van der Waals surface area contributed by atoms with Crippen molar-refractivity contribution in [1.82, 2.24) is 9.55 Å². The van der Waals surface area contributed by atoms with Gasteiger partial charge in [0.05, 0.1) is 11.4 Å². The summed E-state index contributed by atoms with van der Waals surface area (Å²) in [5.74, 6) is 0.623. The zero-order chi connectivity index (χ0) is 14.2. The Morgan fingerprint density at radius 2 is 2.00 bits per heavy atom. The molecule has 0 aliphatic rings. The minimum Gasteiger partial charge on any atom is -0.397 e. The third-order valence-corrected chi connectivity index (χ3v) is 4.05. The first-order valence-corrected chi connectivity index (χ1v) is 7.17. The number of imidazole rings is 1. The molecule has 0 radical (unpaired) electrons. The van der Waals surface area contributed by atoms with E-state index in [9.17, 15) is 8.42 Å². The third kappa shape index (κ3) is 2.70. The molecule has 0 saturated carbocycles. The van der Waals surface area contributed by atoms with Gasteiger partial charge in [-0.25, -0.2) is 4.98 Å². The lowest BCUT2D eigenvalue weighted by atomic mass is 10.2. The Labute approximate surface area is 112 Å². The Hall–Kier alpha value is -2.02. The number of aryl methyl sites for hydroxylation is 3. The van der Waals surface area contributed by atoms with E-state index in [2.05, 4.69) is 9.71 Å². The molecule has 0 fully saturated rings. The normalized spacial score (nSPS) is 11.5. The molecule has 1 heterocycles. The molecule has 2 rings (SSSR count). The minimum absolute atomic E-state index is 0.0200. The Bertz CT molecular complexity index is 700. The smallest absolute Gasteiger partial charge is 0.281 e. The second-order valence-corrected chi connectivity index (χ2v) is 6.06. The van der Waals surface area contributed by atoms with E-state index >= 15 is 0 Å². The van der Waals surface area contributed by atoms with Gasteiger partial charge < -0.3 is 10.3 Å². The van der Waals surface area contributed by atoms with Gasteiger partial charge >= 0.3 is 0 Å². The molecule has 0 aliphatic carbocycles. The summed E-state index contributed by atoms with van der Waals surface area (Å²) in [6.45, 7) is 3.60. The molecule has 0 spiro atoms. The van der Waals surface area contributed by atoms with Gasteiger partial charge in [-0.1, -0.05) is 6.07 Å². The van der Waals surface area contributed by atoms with Gasteiger partial charge in [0.1, 0.15) is 5.82 Å². The molecular formula is C12H16N4O2S. The quantitative estimate of drug-likeness (QED) is 0.832. The Kier molecular flexibility index (Phi) is 3.23. The number of sulfonamides is 1. The van der Waals surface area contributed by atoms with Crippen LogP contribution in [0, 0.1) is 13.8 Å². The van der Waals surface area contributed by atoms with Crippen LogP contribution in [0.4, 0.5) is 11.4 Å². The van der Waals surface area contributed by atoms with E-state index in [1.165, 1.54) is 6.20 Å². The van der Waals surface area contributed by atoms with Crippen molar-refractivity contribution in [3.8, 4) is 0 Å². The topological polar surface area (TPSA) is 90.0 Å². The molecule has 0 amide bonds. The lowest BCUT2D eigenvalue weighted by Crippen LogP contribution is -2.14. The first kappa shape index (κ1) is 13.4. The van der Waals surface area contributed by atoms with Gasteiger partial charge in [0.25, 0.3) is 10.0 Å². The molecule has 1 aromatic carbocycles. The van der Waals surface area contributed by atoms with Crippen LogP contribution in [0.15, 0.2) is 29.4 Å². The van der Waals surface area contributed by atoms with Crippen LogP contribution in [-0.2, 0) is 17.1 Å². The third-order valence-electron chi connectivity index (χ3n) is 2.81. The van der Waals surface area contributed by atoms with E-state index in [0.29, 0.717) is 17.2 Å². The molecule has 6 nitrogen and oxygen atoms in total. The highest BCUT2D eigenvalue weighted by atomic mass is 32.2. The highest BCUT2D eigenvalue weighted by Gasteiger charge is 2.19. The van der Waals surface area contributed by atoms with Crippen LogP contribution in [0.5, 0.6) is 0 Å². The summed E-state index contributed by atoms with van der Waals surface area (Å²) in [6.07, 6.45) is 1.46. The molecule has 0 unspecified atom stereocenters. The van der Waals surface area contributed by atoms with Crippen LogP contribution in [-0.4, -0.2) is 18.0 Å². The molecule has 0 saturated heterocycles. The fourth-order valence-corrected chi connectivity index (χ4v) is 2.73. The van der Waals surface area contributed by atoms with Gasteiger partial charge in [0, 0.05) is 13.2 Å². The lowest BCUT2D eigenvalue weighted by molar-refractivity contribution is 0.598. The Morgan fingerprint density at radius 1 is 1.32 bits per heavy atom. The fourth-order valence-electron chi connectivity index (χ4n) is 1.61. The largest absolute Gasteiger partial charge is 0.397 e. The van der Waals surface area contributed by atoms with Crippen molar-refractivity contribution in [2.24, 2.45) is 7.05 Å². The van der Waals surface area contributed by atoms with Crippen LogP contribution < -0.4 is 10.5 Å². The van der Waals surface area contributed by atoms with E-state index in [1.54, 1.807) is 30.7 Å². The van der Waals surface area contributed by atoms with Crippen molar-refractivity contribution in [1.29, 1.82) is 0 Å². The number of nitrogens with zero attached hydrogens (tertiary/aromatic N) is 2. The second-order valence-electron chi connectivity index (χ2n) is 4.43. The van der Waals surface area contributed by atoms with Gasteiger partial charge in [0.2, 0.25) is 0 Å². The van der Waals surface area contributed by atoms with Crippen molar-refractivity contribution < 1.29 is 8.42 Å². The summed E-state index contributed by atoms with van der Waals surface area (Å²) >= 11 is 0. The number of nitrogens with one attached hydrogen (secondary N) is 1. The minimum atomic E-state index is -3.72. The molecule has 1 aromatic heterocycles. The number of hydrogen-bond donors (Lipinski definition) is 2. The number of aromatic nitrogens is 2. The van der Waals surface area contributed by atoms with E-state index in [4.69, 9.17) is 5.73 Å². The predicted octanol–water partition coefficient (Wildman–Crippen LogP) is 1.42. The van der Waals surface area contributed by atoms with Crippen LogP contribution in [0.25, 0.3) is 0 Å². The molecule has 0 atom stereocenters. The van der Waals surface area contributed by atoms with Crippen molar-refractivity contribution in [3.63, 3.8) is 0 Å². The lowest BCUT2D eigenvalue weighted by Gasteiger charge is -2.09. The summed E-state index contributed by atoms with van der Waals surface area (Å²) in [4.78, 5) is 4.00. The zero-order valence-corrected chi connectivity index (χ0v) is 11.8. The summed E-state index contributed by atoms with van der Waals surface area (Å²) in [5.41, 5.74) is 7.42. The van der Waals surface area contributed by atoms with E-state index < -0.39 is 10.0 Å². The number of nitrogen functional groups attached to an aromatic ring is 1. The van der Waals surface area contributed by atoms with Crippen molar-refractivity contribution in [2.45, 2.75) is 18.9 Å². The van der Waals surface area contributed by atoms with Gasteiger partial charge in [-0.15, -0.1) is 0 Å². The summed E-state index contributed by atoms with van der Waals surface area (Å²) in [7, 11) is -1.98. The van der Waals surface area contributed by atoms with Crippen LogP contribution in [0.1, 0.15) is 11.4 Å². The maximum Gasteiger partial charge on any atom is 0.281 e. The van der Waals surface area contributed by atoms with E-state index in [1.807, 2.05) is 13.0 Å². The zero-order valence-electron chi connectivity index (χ0n) is 11.0. The molecule has 7 heteroatoms. The predicted molar refractivity (Wildman–Crippen MR) is 74.3 cm³/mol. The van der Waals surface area contributed by atoms with Crippen LogP contribution >= 0.6 is 0 Å². The highest BCUT2D eigenvalue weighted by molar-refractivity contribution is 7.92. The molecule has 19 heavy (non-hydrogen) atoms. The number of anilines is 2. The van der Waals surface area contributed by atoms with Crippen LogP contribution in [0.3, 0.4) is 0 Å². The second kappa shape index (κ2) is 4.58. The summed E-state index contributed by atoms with van der Waals surface area (Å²) < 4.78 is 28.5. The number of rotatable bonds is 3. The van der Waals surface area contributed by atoms with E-state index in [-0.39, 0.29) is 5.03 Å². The van der Waals surface area contributed by atoms with Crippen molar-refractivity contribution in [3.05, 3.63) is 35.8 Å². The Morgan fingerprint density at radius 3 is 2.58 bits per heavy atom. The molecule has 102 valence electrons. The fraction of sp³-hybridized carbons (Fsp3) is 0.250. The number of hydrogen-bond acceptors (Lipinski definition) is 4. The molecule has 2 aromatic rings. The average Bonchev–Trinajstić information content (AvgIpc) is 2.65. The van der Waals surface area contributed by atoms with E-state index in [0.717, 1.165) is 5.56 Å². The summed E-state index contributed by atoms with van der Waals surface area (Å²) in [6, 6.07) is 5.16. The molecule has 3 N–H and O–H groups in total. The first-order chi connectivity index (χ1) is 8.79. The standard InChI is InChI=1S/C12H16N4O2S/c1-8-4-5-10(13)11(6-8)15-19(17,18)12-7-16(3)9(2)14-12/h4-7,15H,13H2,1-3H3. The summed E-state index contributed by atoms with van der Waals surface area (Å²) in [5, 5.41) is -0.0200. The van der Waals surface area contributed by atoms with Crippen molar-refractivity contribution in [2.75, 3.05) is 10.5 Å². The average molecular weight is 280 g/mol. The van der Waals surface area contributed by atoms with Gasteiger partial charge in [-0.05, 0) is 31.5 Å². The van der Waals surface area contributed by atoms with Gasteiger partial charge in [0.15, 0.2) is 5.03 Å². The van der Waals surface area contributed by atoms with Gasteiger partial charge in [-0.2, -0.15) is 8.42 Å². The molecule has 0 aliphatic heterocycles. The van der Waals surface area contributed by atoms with Crippen molar-refractivity contribution >= 4 is 21.4 Å². The number of benzene rings is 1. The molecule has 0 bridgehead atoms. The maximum atomic E-state index is 12.2. The van der Waals surface area contributed by atoms with Gasteiger partial charge in [-0.3, -0.25) is 4.72 Å².